The van der Waals surface area contributed by atoms with Crippen LogP contribution in [0.2, 0.25) is 5.02 Å². The number of alkyl halides is 3. The van der Waals surface area contributed by atoms with E-state index in [1.165, 1.54) is 18.2 Å². The maximum Gasteiger partial charge on any atom is 0.417 e. The fraction of sp³-hybridized carbons (Fsp3) is 0.368. The highest BCUT2D eigenvalue weighted by atomic mass is 35.5. The number of nitrogens with zero attached hydrogens (tertiary/aromatic N) is 3. The van der Waals surface area contributed by atoms with E-state index in [0.29, 0.717) is 38.3 Å². The van der Waals surface area contributed by atoms with Gasteiger partial charge in [0.15, 0.2) is 0 Å². The van der Waals surface area contributed by atoms with E-state index in [-0.39, 0.29) is 28.2 Å². The van der Waals surface area contributed by atoms with E-state index in [4.69, 9.17) is 16.7 Å². The first-order chi connectivity index (χ1) is 14.9. The first-order valence-corrected chi connectivity index (χ1v) is 11.5. The van der Waals surface area contributed by atoms with Gasteiger partial charge in [0.1, 0.15) is 5.82 Å². The molecule has 8 nitrogen and oxygen atoms in total. The van der Waals surface area contributed by atoms with Crippen molar-refractivity contribution in [1.82, 2.24) is 9.88 Å². The van der Waals surface area contributed by atoms with Crippen molar-refractivity contribution >= 4 is 39.0 Å². The molecule has 0 spiro atoms. The van der Waals surface area contributed by atoms with Crippen LogP contribution in [0.15, 0.2) is 41.4 Å². The lowest BCUT2D eigenvalue weighted by atomic mass is 10.2. The molecule has 0 bridgehead atoms. The van der Waals surface area contributed by atoms with Crippen molar-refractivity contribution in [2.45, 2.75) is 17.5 Å². The fourth-order valence-electron chi connectivity index (χ4n) is 3.31. The second kappa shape index (κ2) is 9.61. The zero-order chi connectivity index (χ0) is 23.5. The lowest BCUT2D eigenvalue weighted by Crippen LogP contribution is -2.36. The van der Waals surface area contributed by atoms with Crippen LogP contribution in [0, 0.1) is 0 Å². The zero-order valence-corrected chi connectivity index (χ0v) is 18.3. The summed E-state index contributed by atoms with van der Waals surface area (Å²) in [6.45, 7) is 2.05. The van der Waals surface area contributed by atoms with Crippen molar-refractivity contribution in [2.24, 2.45) is 5.14 Å². The van der Waals surface area contributed by atoms with Gasteiger partial charge in [-0.05, 0) is 30.7 Å². The highest BCUT2D eigenvalue weighted by molar-refractivity contribution is 7.89. The van der Waals surface area contributed by atoms with Gasteiger partial charge in [0.2, 0.25) is 15.9 Å². The van der Waals surface area contributed by atoms with Gasteiger partial charge in [0.05, 0.1) is 22.0 Å². The third-order valence-corrected chi connectivity index (χ3v) is 6.04. The van der Waals surface area contributed by atoms with Crippen LogP contribution in [-0.4, -0.2) is 56.9 Å². The number of nitrogens with two attached hydrogens (primary N) is 1. The Labute approximate surface area is 188 Å². The Kier molecular flexibility index (Phi) is 7.28. The van der Waals surface area contributed by atoms with Gasteiger partial charge in [-0.25, -0.2) is 18.5 Å². The Balaban J connectivity index is 1.59. The molecule has 1 amide bonds. The Morgan fingerprint density at radius 2 is 1.94 bits per heavy atom. The predicted molar refractivity (Wildman–Crippen MR) is 114 cm³/mol. The van der Waals surface area contributed by atoms with Crippen LogP contribution >= 0.6 is 11.6 Å². The number of carbonyl (C=O) groups excluding carboxylic acids is 1. The molecule has 1 aliphatic rings. The molecule has 0 saturated carbocycles. The van der Waals surface area contributed by atoms with Gasteiger partial charge in [-0.15, -0.1) is 0 Å². The van der Waals surface area contributed by atoms with Gasteiger partial charge >= 0.3 is 6.18 Å². The summed E-state index contributed by atoms with van der Waals surface area (Å²) in [5.41, 5.74) is -0.607. The molecule has 13 heteroatoms. The van der Waals surface area contributed by atoms with Crippen LogP contribution in [0.5, 0.6) is 0 Å². The van der Waals surface area contributed by atoms with Gasteiger partial charge in [-0.3, -0.25) is 9.69 Å². The summed E-state index contributed by atoms with van der Waals surface area (Å²) in [4.78, 5) is 19.9. The van der Waals surface area contributed by atoms with Crippen molar-refractivity contribution in [3.63, 3.8) is 0 Å². The Morgan fingerprint density at radius 3 is 2.59 bits per heavy atom. The summed E-state index contributed by atoms with van der Waals surface area (Å²) in [5.74, 6) is -0.0681. The van der Waals surface area contributed by atoms with Crippen molar-refractivity contribution in [3.05, 3.63) is 47.1 Å². The third kappa shape index (κ3) is 6.31. The first-order valence-electron chi connectivity index (χ1n) is 9.56. The molecule has 0 aliphatic carbocycles. The lowest BCUT2D eigenvalue weighted by molar-refractivity contribution is -0.137. The number of carbonyl (C=O) groups is 1. The van der Waals surface area contributed by atoms with Crippen LogP contribution in [0.4, 0.5) is 24.7 Å². The summed E-state index contributed by atoms with van der Waals surface area (Å²) in [6, 6.07) is 6.48. The second-order valence-corrected chi connectivity index (χ2v) is 9.23. The fourth-order valence-corrected chi connectivity index (χ4v) is 4.16. The molecule has 3 N–H and O–H groups in total. The number of pyridine rings is 1. The molecule has 1 aromatic carbocycles. The SMILES string of the molecule is NS(=O)(=O)c1cccc(NC(=O)CN2CCCN(c3ncc(C(F)(F)F)cc3Cl)CC2)c1. The Morgan fingerprint density at radius 1 is 1.19 bits per heavy atom. The van der Waals surface area contributed by atoms with Crippen LogP contribution in [-0.2, 0) is 21.0 Å². The molecule has 32 heavy (non-hydrogen) atoms. The molecule has 0 radical (unpaired) electrons. The van der Waals surface area contributed by atoms with Gasteiger partial charge < -0.3 is 10.2 Å². The molecular formula is C19H21ClF3N5O3S. The monoisotopic (exact) mass is 491 g/mol. The standard InChI is InChI=1S/C19H21ClF3N5O3S/c20-16-9-13(19(21,22)23)11-25-18(16)28-6-2-5-27(7-8-28)12-17(29)26-14-3-1-4-15(10-14)32(24,30)31/h1,3-4,9-11H,2,5-8,12H2,(H,26,29)(H2,24,30,31). The number of aromatic nitrogens is 1. The van der Waals surface area contributed by atoms with Crippen LogP contribution in [0.3, 0.4) is 0 Å². The average molecular weight is 492 g/mol. The number of benzene rings is 1. The van der Waals surface area contributed by atoms with Gasteiger partial charge in [0, 0.05) is 38.1 Å². The molecule has 1 aromatic heterocycles. The van der Waals surface area contributed by atoms with Gasteiger partial charge in [-0.2, -0.15) is 13.2 Å². The predicted octanol–water partition coefficient (Wildman–Crippen LogP) is 2.55. The molecule has 2 aromatic rings. The number of halogens is 4. The number of rotatable bonds is 5. The summed E-state index contributed by atoms with van der Waals surface area (Å²) in [6.07, 6.45) is -3.12. The normalized spacial score (nSPS) is 16.0. The number of anilines is 2. The second-order valence-electron chi connectivity index (χ2n) is 7.26. The summed E-state index contributed by atoms with van der Waals surface area (Å²) in [7, 11) is -3.89. The van der Waals surface area contributed by atoms with E-state index in [2.05, 4.69) is 10.3 Å². The molecule has 1 fully saturated rings. The molecule has 1 aliphatic heterocycles. The van der Waals surface area contributed by atoms with Crippen molar-refractivity contribution in [1.29, 1.82) is 0 Å². The van der Waals surface area contributed by atoms with E-state index < -0.39 is 21.8 Å². The minimum Gasteiger partial charge on any atom is -0.354 e. The molecule has 1 saturated heterocycles. The molecular weight excluding hydrogens is 471 g/mol. The maximum atomic E-state index is 12.8. The van der Waals surface area contributed by atoms with E-state index in [9.17, 15) is 26.4 Å². The number of sulfonamides is 1. The molecule has 0 atom stereocenters. The maximum absolute atomic E-state index is 12.8. The topological polar surface area (TPSA) is 109 Å². The van der Waals surface area contributed by atoms with E-state index in [0.717, 1.165) is 12.3 Å². The van der Waals surface area contributed by atoms with E-state index in [1.807, 2.05) is 4.90 Å². The van der Waals surface area contributed by atoms with Crippen molar-refractivity contribution < 1.29 is 26.4 Å². The third-order valence-electron chi connectivity index (χ3n) is 4.85. The van der Waals surface area contributed by atoms with Crippen LogP contribution in [0.25, 0.3) is 0 Å². The quantitative estimate of drug-likeness (QED) is 0.665. The van der Waals surface area contributed by atoms with E-state index >= 15 is 0 Å². The smallest absolute Gasteiger partial charge is 0.354 e. The lowest BCUT2D eigenvalue weighted by Gasteiger charge is -2.23. The Bertz CT molecular complexity index is 1100. The van der Waals surface area contributed by atoms with Crippen LogP contribution < -0.4 is 15.4 Å². The summed E-state index contributed by atoms with van der Waals surface area (Å²) in [5, 5.41) is 7.66. The molecule has 0 unspecified atom stereocenters. The average Bonchev–Trinajstić information content (AvgIpc) is 2.92. The number of nitrogens with one attached hydrogen (secondary N) is 1. The van der Waals surface area contributed by atoms with Crippen molar-refractivity contribution in [3.8, 4) is 0 Å². The largest absolute Gasteiger partial charge is 0.417 e. The number of hydrogen-bond acceptors (Lipinski definition) is 6. The minimum atomic E-state index is -4.52. The molecule has 2 heterocycles. The number of amides is 1. The number of hydrogen-bond donors (Lipinski definition) is 2. The number of primary sulfonamides is 1. The molecule has 3 rings (SSSR count). The molecule has 174 valence electrons. The van der Waals surface area contributed by atoms with E-state index in [1.54, 1.807) is 11.0 Å². The minimum absolute atomic E-state index is 0.0572. The zero-order valence-electron chi connectivity index (χ0n) is 16.8. The van der Waals surface area contributed by atoms with Crippen LogP contribution in [0.1, 0.15) is 12.0 Å². The highest BCUT2D eigenvalue weighted by Gasteiger charge is 2.32. The van der Waals surface area contributed by atoms with Gasteiger partial charge in [0.25, 0.3) is 0 Å². The highest BCUT2D eigenvalue weighted by Crippen LogP contribution is 2.33. The Hall–Kier alpha value is -2.41. The summed E-state index contributed by atoms with van der Waals surface area (Å²) >= 11 is 6.04. The first kappa shape index (κ1) is 24.2. The van der Waals surface area contributed by atoms with Gasteiger partial charge in [-0.1, -0.05) is 17.7 Å². The summed E-state index contributed by atoms with van der Waals surface area (Å²) < 4.78 is 61.4. The van der Waals surface area contributed by atoms with Crippen molar-refractivity contribution in [2.75, 3.05) is 42.9 Å².